The smallest absolute Gasteiger partial charge is 0.372 e. The number of aromatic amines is 1. The molecule has 2 aromatic rings. The molecule has 2 rings (SSSR count). The van der Waals surface area contributed by atoms with Crippen LogP contribution < -0.4 is 15.5 Å². The predicted molar refractivity (Wildman–Crippen MR) is 84.5 cm³/mol. The van der Waals surface area contributed by atoms with E-state index in [1.165, 1.54) is 0 Å². The van der Waals surface area contributed by atoms with E-state index >= 15 is 0 Å². The first-order valence-electron chi connectivity index (χ1n) is 6.14. The number of H-pyrrole nitrogens is 1. The zero-order valence-corrected chi connectivity index (χ0v) is 13.6. The molecule has 0 unspecified atom stereocenters. The highest BCUT2D eigenvalue weighted by Crippen LogP contribution is 2.27. The number of rotatable bonds is 5. The van der Waals surface area contributed by atoms with Gasteiger partial charge < -0.3 is 15.3 Å². The number of halogens is 2. The van der Waals surface area contributed by atoms with Crippen LogP contribution in [-0.4, -0.2) is 18.4 Å². The van der Waals surface area contributed by atoms with Gasteiger partial charge in [-0.1, -0.05) is 16.8 Å². The van der Waals surface area contributed by atoms with Crippen LogP contribution in [0.3, 0.4) is 0 Å². The molecule has 0 spiro atoms. The highest BCUT2D eigenvalue weighted by atomic mass is 79.9. The Kier molecular flexibility index (Phi) is 5.74. The average molecular weight is 386 g/mol. The van der Waals surface area contributed by atoms with Gasteiger partial charge in [-0.15, -0.1) is 0 Å². The molecular formula is C14H12BrClN3O3+. The molecular weight excluding hydrogens is 374 g/mol. The molecule has 3 N–H and O–H groups in total. The summed E-state index contributed by atoms with van der Waals surface area (Å²) in [6, 6.07) is 8.35. The molecule has 0 fully saturated rings. The van der Waals surface area contributed by atoms with E-state index in [-0.39, 0.29) is 12.4 Å². The van der Waals surface area contributed by atoms with E-state index in [1.54, 1.807) is 42.7 Å². The van der Waals surface area contributed by atoms with Gasteiger partial charge in [-0.2, -0.15) is 0 Å². The van der Waals surface area contributed by atoms with Crippen LogP contribution in [0.25, 0.3) is 0 Å². The summed E-state index contributed by atoms with van der Waals surface area (Å²) in [6.45, 7) is -0.306. The quantitative estimate of drug-likeness (QED) is 0.370. The zero-order chi connectivity index (χ0) is 15.9. The maximum Gasteiger partial charge on any atom is 0.372 e. The molecule has 0 aliphatic rings. The van der Waals surface area contributed by atoms with Crippen LogP contribution >= 0.6 is 27.5 Å². The standard InChI is InChI=1S/C14H11BrClN3O3/c15-11-7-10(16)1-2-12(11)21-8-13(20)22-19-14(17)9-3-5-18-6-4-9/h1-7H,8H2,(H2,17,19)/p+1. The highest BCUT2D eigenvalue weighted by Gasteiger charge is 2.08. The van der Waals surface area contributed by atoms with Gasteiger partial charge in [0.2, 0.25) is 0 Å². The largest absolute Gasteiger partial charge is 0.481 e. The van der Waals surface area contributed by atoms with Crippen molar-refractivity contribution >= 4 is 39.3 Å². The molecule has 114 valence electrons. The van der Waals surface area contributed by atoms with Gasteiger partial charge in [0, 0.05) is 22.7 Å². The molecule has 1 heterocycles. The number of nitrogens with two attached hydrogens (primary N) is 1. The lowest BCUT2D eigenvalue weighted by molar-refractivity contribution is -0.378. The SMILES string of the molecule is NC(=NOC(=O)COc1ccc(Cl)cc1Br)c1cc[nH+]cc1. The fraction of sp³-hybridized carbons (Fsp3) is 0.0714. The van der Waals surface area contributed by atoms with Gasteiger partial charge in [-0.05, 0) is 34.1 Å². The summed E-state index contributed by atoms with van der Waals surface area (Å²) < 4.78 is 5.93. The average Bonchev–Trinajstić information content (AvgIpc) is 2.52. The minimum atomic E-state index is -0.674. The first kappa shape index (κ1) is 16.3. The summed E-state index contributed by atoms with van der Waals surface area (Å²) >= 11 is 9.09. The van der Waals surface area contributed by atoms with Crippen LogP contribution in [0.2, 0.25) is 5.02 Å². The molecule has 0 bridgehead atoms. The van der Waals surface area contributed by atoms with Crippen LogP contribution in [0.1, 0.15) is 5.56 Å². The van der Waals surface area contributed by atoms with E-state index in [4.69, 9.17) is 26.9 Å². The fourth-order valence-electron chi connectivity index (χ4n) is 1.47. The number of benzene rings is 1. The first-order valence-corrected chi connectivity index (χ1v) is 7.31. The first-order chi connectivity index (χ1) is 10.6. The molecule has 0 radical (unpaired) electrons. The molecule has 0 aliphatic heterocycles. The molecule has 0 saturated heterocycles. The molecule has 1 aromatic heterocycles. The summed E-state index contributed by atoms with van der Waals surface area (Å²) in [4.78, 5) is 19.1. The highest BCUT2D eigenvalue weighted by molar-refractivity contribution is 9.10. The Balaban J connectivity index is 1.88. The van der Waals surface area contributed by atoms with Gasteiger partial charge in [0.15, 0.2) is 24.8 Å². The summed E-state index contributed by atoms with van der Waals surface area (Å²) in [7, 11) is 0. The van der Waals surface area contributed by atoms with E-state index in [0.29, 0.717) is 20.8 Å². The number of oxime groups is 1. The Hall–Kier alpha value is -2.12. The predicted octanol–water partition coefficient (Wildman–Crippen LogP) is 2.16. The number of carbonyl (C=O) groups is 1. The Morgan fingerprint density at radius 2 is 2.05 bits per heavy atom. The third-order valence-electron chi connectivity index (χ3n) is 2.50. The molecule has 1 aromatic carbocycles. The van der Waals surface area contributed by atoms with Crippen LogP contribution in [0.15, 0.2) is 52.4 Å². The van der Waals surface area contributed by atoms with Crippen molar-refractivity contribution in [1.29, 1.82) is 0 Å². The number of hydrogen-bond donors (Lipinski definition) is 1. The Morgan fingerprint density at radius 3 is 2.73 bits per heavy atom. The van der Waals surface area contributed by atoms with Crippen molar-refractivity contribution in [1.82, 2.24) is 0 Å². The van der Waals surface area contributed by atoms with E-state index < -0.39 is 5.97 Å². The van der Waals surface area contributed by atoms with Crippen LogP contribution in [0.4, 0.5) is 0 Å². The minimum absolute atomic E-state index is 0.0926. The normalized spacial score (nSPS) is 11.1. The van der Waals surface area contributed by atoms with E-state index in [1.807, 2.05) is 0 Å². The van der Waals surface area contributed by atoms with Crippen molar-refractivity contribution in [3.05, 3.63) is 57.8 Å². The number of pyridine rings is 1. The van der Waals surface area contributed by atoms with E-state index in [9.17, 15) is 4.79 Å². The number of amidine groups is 1. The Bertz CT molecular complexity index is 695. The fourth-order valence-corrected chi connectivity index (χ4v) is 2.26. The molecule has 0 amide bonds. The molecule has 0 aliphatic carbocycles. The van der Waals surface area contributed by atoms with Gasteiger partial charge >= 0.3 is 5.97 Å². The molecule has 0 saturated carbocycles. The molecule has 8 heteroatoms. The van der Waals surface area contributed by atoms with E-state index in [2.05, 4.69) is 26.1 Å². The third kappa shape index (κ3) is 4.71. The van der Waals surface area contributed by atoms with Gasteiger partial charge in [0.1, 0.15) is 5.75 Å². The summed E-state index contributed by atoms with van der Waals surface area (Å²) in [6.07, 6.45) is 3.36. The second-order valence-electron chi connectivity index (χ2n) is 4.09. The summed E-state index contributed by atoms with van der Waals surface area (Å²) in [5, 5.41) is 4.12. The second-order valence-corrected chi connectivity index (χ2v) is 5.38. The lowest BCUT2D eigenvalue weighted by Crippen LogP contribution is -2.18. The maximum atomic E-state index is 11.6. The van der Waals surface area contributed by atoms with Crippen LogP contribution in [0.5, 0.6) is 5.75 Å². The number of carbonyl (C=O) groups excluding carboxylic acids is 1. The van der Waals surface area contributed by atoms with Gasteiger partial charge in [-0.25, -0.2) is 9.78 Å². The van der Waals surface area contributed by atoms with Crippen molar-refractivity contribution in [3.63, 3.8) is 0 Å². The molecule has 22 heavy (non-hydrogen) atoms. The lowest BCUT2D eigenvalue weighted by atomic mass is 10.2. The van der Waals surface area contributed by atoms with Crippen molar-refractivity contribution in [3.8, 4) is 5.75 Å². The Labute approximate surface area is 140 Å². The molecule has 6 nitrogen and oxygen atoms in total. The van der Waals surface area contributed by atoms with Gasteiger partial charge in [0.05, 0.1) is 4.47 Å². The third-order valence-corrected chi connectivity index (χ3v) is 3.35. The zero-order valence-electron chi connectivity index (χ0n) is 11.3. The summed E-state index contributed by atoms with van der Waals surface area (Å²) in [5.41, 5.74) is 6.32. The number of nitrogens with zero attached hydrogens (tertiary/aromatic N) is 1. The maximum absolute atomic E-state index is 11.6. The van der Waals surface area contributed by atoms with E-state index in [0.717, 1.165) is 0 Å². The monoisotopic (exact) mass is 384 g/mol. The topological polar surface area (TPSA) is 88.1 Å². The van der Waals surface area contributed by atoms with Crippen molar-refractivity contribution in [2.45, 2.75) is 0 Å². The van der Waals surface area contributed by atoms with Gasteiger partial charge in [0.25, 0.3) is 0 Å². The van der Waals surface area contributed by atoms with Crippen molar-refractivity contribution in [2.24, 2.45) is 10.9 Å². The summed E-state index contributed by atoms with van der Waals surface area (Å²) in [5.74, 6) is -0.112. The van der Waals surface area contributed by atoms with Crippen molar-refractivity contribution in [2.75, 3.05) is 6.61 Å². The van der Waals surface area contributed by atoms with Crippen LogP contribution in [0, 0.1) is 0 Å². The number of nitrogens with one attached hydrogen (secondary N) is 1. The van der Waals surface area contributed by atoms with Gasteiger partial charge in [-0.3, -0.25) is 0 Å². The number of hydrogen-bond acceptors (Lipinski definition) is 4. The van der Waals surface area contributed by atoms with Crippen molar-refractivity contribution < 1.29 is 19.4 Å². The number of aromatic nitrogens is 1. The second kappa shape index (κ2) is 7.77. The molecule has 0 atom stereocenters. The minimum Gasteiger partial charge on any atom is -0.481 e. The Morgan fingerprint density at radius 1 is 1.32 bits per heavy atom. The number of ether oxygens (including phenoxy) is 1. The lowest BCUT2D eigenvalue weighted by Gasteiger charge is -2.06. The van der Waals surface area contributed by atoms with Crippen LogP contribution in [-0.2, 0) is 9.63 Å².